The number of aromatic nitrogens is 2. The number of nitrogens with one attached hydrogen (secondary N) is 2. The highest BCUT2D eigenvalue weighted by molar-refractivity contribution is 5.97. The molecule has 29 heavy (non-hydrogen) atoms. The highest BCUT2D eigenvalue weighted by atomic mass is 19.4. The Morgan fingerprint density at radius 3 is 2.45 bits per heavy atom. The van der Waals surface area contributed by atoms with Crippen LogP contribution in [-0.2, 0) is 17.9 Å². The van der Waals surface area contributed by atoms with Gasteiger partial charge in [0.05, 0.1) is 17.6 Å². The van der Waals surface area contributed by atoms with Crippen molar-refractivity contribution >= 4 is 16.9 Å². The Bertz CT molecular complexity index is 984. The van der Waals surface area contributed by atoms with Crippen LogP contribution in [0.15, 0.2) is 42.5 Å². The minimum Gasteiger partial charge on any atom is -0.367 e. The summed E-state index contributed by atoms with van der Waals surface area (Å²) in [6.07, 6.45) is -7.11. The molecular formula is C19H16F5N3O2. The fourth-order valence-electron chi connectivity index (χ4n) is 2.60. The number of benzene rings is 2. The first-order valence-electron chi connectivity index (χ1n) is 8.49. The van der Waals surface area contributed by atoms with Gasteiger partial charge in [-0.15, -0.1) is 0 Å². The summed E-state index contributed by atoms with van der Waals surface area (Å²) in [5, 5.41) is 2.69. The van der Waals surface area contributed by atoms with Crippen LogP contribution in [0.5, 0.6) is 0 Å². The molecule has 5 nitrogen and oxygen atoms in total. The van der Waals surface area contributed by atoms with Crippen LogP contribution in [0.25, 0.3) is 11.0 Å². The van der Waals surface area contributed by atoms with E-state index in [9.17, 15) is 26.7 Å². The second-order valence-corrected chi connectivity index (χ2v) is 6.26. The van der Waals surface area contributed by atoms with E-state index in [0.717, 1.165) is 5.56 Å². The van der Waals surface area contributed by atoms with Crippen molar-refractivity contribution in [2.24, 2.45) is 0 Å². The minimum atomic E-state index is -4.37. The largest absolute Gasteiger partial charge is 0.411 e. The Labute approximate surface area is 161 Å². The lowest BCUT2D eigenvalue weighted by atomic mass is 10.1. The molecule has 1 amide bonds. The molecule has 0 saturated heterocycles. The average Bonchev–Trinajstić information content (AvgIpc) is 3.10. The topological polar surface area (TPSA) is 67.0 Å². The Hall–Kier alpha value is -3.01. The van der Waals surface area contributed by atoms with Gasteiger partial charge in [-0.2, -0.15) is 13.2 Å². The number of rotatable bonds is 7. The lowest BCUT2D eigenvalue weighted by molar-refractivity contribution is -0.176. The van der Waals surface area contributed by atoms with Gasteiger partial charge in [-0.3, -0.25) is 4.79 Å². The predicted molar refractivity (Wildman–Crippen MR) is 94.4 cm³/mol. The molecule has 0 unspecified atom stereocenters. The van der Waals surface area contributed by atoms with Crippen molar-refractivity contribution in [3.8, 4) is 0 Å². The number of amides is 1. The van der Waals surface area contributed by atoms with Gasteiger partial charge in [0.1, 0.15) is 6.61 Å². The molecule has 0 fully saturated rings. The van der Waals surface area contributed by atoms with Gasteiger partial charge < -0.3 is 15.0 Å². The number of halogens is 5. The third-order valence-corrected chi connectivity index (χ3v) is 3.98. The SMILES string of the molecule is O=C(NCc1ccc(COCC(F)(F)F)cc1)c1ccc2nc(C(F)F)[nH]c2c1. The van der Waals surface area contributed by atoms with Gasteiger partial charge in [0, 0.05) is 12.1 Å². The molecule has 0 spiro atoms. The minimum absolute atomic E-state index is 0.170. The Kier molecular flexibility index (Phi) is 6.12. The number of hydrogen-bond acceptors (Lipinski definition) is 3. The van der Waals surface area contributed by atoms with Crippen molar-refractivity contribution in [1.82, 2.24) is 15.3 Å². The van der Waals surface area contributed by atoms with E-state index < -0.39 is 30.9 Å². The second-order valence-electron chi connectivity index (χ2n) is 6.26. The van der Waals surface area contributed by atoms with Gasteiger partial charge in [0.2, 0.25) is 0 Å². The van der Waals surface area contributed by atoms with E-state index in [0.29, 0.717) is 16.6 Å². The van der Waals surface area contributed by atoms with Crippen LogP contribution in [0.3, 0.4) is 0 Å². The van der Waals surface area contributed by atoms with E-state index in [2.05, 4.69) is 20.0 Å². The smallest absolute Gasteiger partial charge is 0.367 e. The molecule has 0 bridgehead atoms. The number of hydrogen-bond donors (Lipinski definition) is 2. The molecule has 3 aromatic rings. The Morgan fingerprint density at radius 2 is 1.79 bits per heavy atom. The van der Waals surface area contributed by atoms with Gasteiger partial charge >= 0.3 is 6.18 Å². The van der Waals surface area contributed by atoms with Crippen LogP contribution in [0.1, 0.15) is 33.7 Å². The molecule has 0 aliphatic carbocycles. The van der Waals surface area contributed by atoms with Crippen molar-refractivity contribution in [3.63, 3.8) is 0 Å². The number of ether oxygens (including phenoxy) is 1. The molecule has 154 valence electrons. The van der Waals surface area contributed by atoms with Gasteiger partial charge in [-0.1, -0.05) is 24.3 Å². The molecule has 2 N–H and O–H groups in total. The van der Waals surface area contributed by atoms with E-state index in [1.807, 2.05) is 0 Å². The van der Waals surface area contributed by atoms with Crippen LogP contribution < -0.4 is 5.32 Å². The molecule has 1 aromatic heterocycles. The summed E-state index contributed by atoms with van der Waals surface area (Å²) in [7, 11) is 0. The van der Waals surface area contributed by atoms with E-state index in [-0.39, 0.29) is 18.7 Å². The number of carbonyl (C=O) groups is 1. The summed E-state index contributed by atoms with van der Waals surface area (Å²) in [5.41, 5.74) is 2.25. The molecule has 1 heterocycles. The van der Waals surface area contributed by atoms with Crippen molar-refractivity contribution < 1.29 is 31.5 Å². The third kappa shape index (κ3) is 5.74. The lowest BCUT2D eigenvalue weighted by Crippen LogP contribution is -2.22. The van der Waals surface area contributed by atoms with Gasteiger partial charge in [-0.05, 0) is 29.3 Å². The van der Waals surface area contributed by atoms with Crippen molar-refractivity contribution in [2.45, 2.75) is 25.8 Å². The van der Waals surface area contributed by atoms with E-state index in [1.54, 1.807) is 24.3 Å². The predicted octanol–water partition coefficient (Wildman–Crippen LogP) is 4.51. The maximum absolute atomic E-state index is 12.7. The highest BCUT2D eigenvalue weighted by Crippen LogP contribution is 2.21. The maximum Gasteiger partial charge on any atom is 0.411 e. The van der Waals surface area contributed by atoms with E-state index in [1.165, 1.54) is 18.2 Å². The molecule has 0 saturated carbocycles. The number of H-pyrrole nitrogens is 1. The summed E-state index contributed by atoms with van der Waals surface area (Å²) in [6, 6.07) is 10.9. The summed E-state index contributed by atoms with van der Waals surface area (Å²) in [6.45, 7) is -1.30. The van der Waals surface area contributed by atoms with Crippen molar-refractivity contribution in [3.05, 3.63) is 65.0 Å². The Morgan fingerprint density at radius 1 is 1.10 bits per heavy atom. The summed E-state index contributed by atoms with van der Waals surface area (Å²) in [4.78, 5) is 18.5. The molecule has 10 heteroatoms. The molecule has 2 aromatic carbocycles. The van der Waals surface area contributed by atoms with E-state index in [4.69, 9.17) is 0 Å². The number of alkyl halides is 5. The van der Waals surface area contributed by atoms with Crippen molar-refractivity contribution in [1.29, 1.82) is 0 Å². The Balaban J connectivity index is 1.55. The zero-order valence-electron chi connectivity index (χ0n) is 14.9. The number of carbonyl (C=O) groups excluding carboxylic acids is 1. The quantitative estimate of drug-likeness (QED) is 0.560. The van der Waals surface area contributed by atoms with Crippen LogP contribution in [0.4, 0.5) is 22.0 Å². The summed E-state index contributed by atoms with van der Waals surface area (Å²) >= 11 is 0. The normalized spacial score (nSPS) is 11.9. The third-order valence-electron chi connectivity index (χ3n) is 3.98. The molecule has 0 aliphatic rings. The lowest BCUT2D eigenvalue weighted by Gasteiger charge is -2.09. The molecule has 0 aliphatic heterocycles. The number of aromatic amines is 1. The first kappa shape index (κ1) is 20.7. The molecule has 0 radical (unpaired) electrons. The van der Waals surface area contributed by atoms with E-state index >= 15 is 0 Å². The van der Waals surface area contributed by atoms with Gasteiger partial charge in [-0.25, -0.2) is 13.8 Å². The first-order valence-corrected chi connectivity index (χ1v) is 8.49. The average molecular weight is 413 g/mol. The maximum atomic E-state index is 12.7. The van der Waals surface area contributed by atoms with Crippen LogP contribution >= 0.6 is 0 Å². The van der Waals surface area contributed by atoms with Crippen LogP contribution in [0, 0.1) is 0 Å². The van der Waals surface area contributed by atoms with Crippen LogP contribution in [0.2, 0.25) is 0 Å². The van der Waals surface area contributed by atoms with Crippen LogP contribution in [-0.4, -0.2) is 28.7 Å². The summed E-state index contributed by atoms with van der Waals surface area (Å²) < 4.78 is 66.1. The number of nitrogens with zero attached hydrogens (tertiary/aromatic N) is 1. The molecular weight excluding hydrogens is 397 g/mol. The highest BCUT2D eigenvalue weighted by Gasteiger charge is 2.27. The van der Waals surface area contributed by atoms with Gasteiger partial charge in [0.25, 0.3) is 12.3 Å². The number of fused-ring (bicyclic) bond motifs is 1. The monoisotopic (exact) mass is 413 g/mol. The second kappa shape index (κ2) is 8.56. The first-order chi connectivity index (χ1) is 13.7. The fourth-order valence-corrected chi connectivity index (χ4v) is 2.60. The zero-order chi connectivity index (χ0) is 21.0. The molecule has 0 atom stereocenters. The standard InChI is InChI=1S/C19H16F5N3O2/c20-16(21)17-26-14-6-5-13(7-15(14)27-17)18(28)25-8-11-1-3-12(4-2-11)9-29-10-19(22,23)24/h1-7,16H,8-10H2,(H,25,28)(H,26,27). The fraction of sp³-hybridized carbons (Fsp3) is 0.263. The van der Waals surface area contributed by atoms with Crippen molar-refractivity contribution in [2.75, 3.05) is 6.61 Å². The van der Waals surface area contributed by atoms with Gasteiger partial charge in [0.15, 0.2) is 5.82 Å². The molecule has 3 rings (SSSR count). The summed E-state index contributed by atoms with van der Waals surface area (Å²) in [5.74, 6) is -0.866. The zero-order valence-corrected chi connectivity index (χ0v) is 14.9. The number of imidazole rings is 1.